The summed E-state index contributed by atoms with van der Waals surface area (Å²) in [7, 11) is 2.93. The van der Waals surface area contributed by atoms with E-state index in [1.54, 1.807) is 66.7 Å². The fourth-order valence-electron chi connectivity index (χ4n) is 3.65. The fourth-order valence-corrected chi connectivity index (χ4v) is 3.78. The van der Waals surface area contributed by atoms with Crippen LogP contribution in [0.15, 0.2) is 96.1 Å². The van der Waals surface area contributed by atoms with Gasteiger partial charge in [0.1, 0.15) is 5.75 Å². The quantitative estimate of drug-likeness (QED) is 0.0813. The molecule has 0 bridgehead atoms. The van der Waals surface area contributed by atoms with Crippen LogP contribution >= 0.6 is 11.6 Å². The summed E-state index contributed by atoms with van der Waals surface area (Å²) in [5, 5.41) is 9.44. The number of halogens is 1. The molecule has 0 spiro atoms. The highest BCUT2D eigenvalue weighted by Crippen LogP contribution is 2.28. The van der Waals surface area contributed by atoms with Gasteiger partial charge >= 0.3 is 17.8 Å². The van der Waals surface area contributed by atoms with E-state index in [0.717, 1.165) is 0 Å². The average molecular weight is 601 g/mol. The summed E-state index contributed by atoms with van der Waals surface area (Å²) in [6.45, 7) is 0. The predicted octanol–water partition coefficient (Wildman–Crippen LogP) is 4.92. The van der Waals surface area contributed by atoms with Crippen molar-refractivity contribution in [1.82, 2.24) is 5.43 Å². The van der Waals surface area contributed by atoms with E-state index in [2.05, 4.69) is 21.2 Å². The van der Waals surface area contributed by atoms with Crippen LogP contribution in [0.5, 0.6) is 17.2 Å². The number of hydrogen-bond donors (Lipinski definition) is 3. The SMILES string of the molecule is COc1ccc(C(=O)Oc2ccc(C=NNC(=O)C(=O)Nc3ccccc3C(=O)Nc3ccc(Cl)cc3)cc2OC)cc1. The van der Waals surface area contributed by atoms with Gasteiger partial charge in [-0.25, -0.2) is 10.2 Å². The fraction of sp³-hybridized carbons (Fsp3) is 0.0645. The summed E-state index contributed by atoms with van der Waals surface area (Å²) < 4.78 is 15.8. The number of carbonyl (C=O) groups excluding carboxylic acids is 4. The molecule has 12 heteroatoms. The molecule has 0 atom stereocenters. The topological polar surface area (TPSA) is 144 Å². The molecule has 0 aliphatic carbocycles. The molecule has 0 fully saturated rings. The standard InChI is InChI=1S/C31H25ClN4O7/c1-41-23-14-8-20(9-15-23)31(40)43-26-16-7-19(17-27(26)42-2)18-33-36-30(39)29(38)35-25-6-4-3-5-24(25)28(37)34-22-12-10-21(32)11-13-22/h3-18H,1-2H3,(H,34,37)(H,35,38)(H,36,39). The highest BCUT2D eigenvalue weighted by atomic mass is 35.5. The maximum Gasteiger partial charge on any atom is 0.343 e. The van der Waals surface area contributed by atoms with Gasteiger partial charge in [0.15, 0.2) is 11.5 Å². The zero-order valence-corrected chi connectivity index (χ0v) is 23.7. The van der Waals surface area contributed by atoms with Gasteiger partial charge in [0.25, 0.3) is 5.91 Å². The smallest absolute Gasteiger partial charge is 0.343 e. The van der Waals surface area contributed by atoms with Gasteiger partial charge in [-0.2, -0.15) is 5.10 Å². The Balaban J connectivity index is 1.35. The van der Waals surface area contributed by atoms with Gasteiger partial charge in [0.2, 0.25) is 0 Å². The minimum absolute atomic E-state index is 0.127. The summed E-state index contributed by atoms with van der Waals surface area (Å²) >= 11 is 5.88. The van der Waals surface area contributed by atoms with E-state index in [4.69, 9.17) is 25.8 Å². The van der Waals surface area contributed by atoms with Crippen LogP contribution in [0.2, 0.25) is 5.02 Å². The second kappa shape index (κ2) is 14.3. The molecule has 43 heavy (non-hydrogen) atoms. The third kappa shape index (κ3) is 8.18. The maximum absolute atomic E-state index is 12.8. The Hall–Kier alpha value is -5.68. The molecular formula is C31H25ClN4O7. The van der Waals surface area contributed by atoms with Crippen LogP contribution in [0.3, 0.4) is 0 Å². The first-order chi connectivity index (χ1) is 20.8. The number of esters is 1. The molecule has 0 radical (unpaired) electrons. The summed E-state index contributed by atoms with van der Waals surface area (Å²) in [6, 6.07) is 23.8. The first kappa shape index (κ1) is 30.3. The second-order valence-electron chi connectivity index (χ2n) is 8.69. The molecule has 4 rings (SSSR count). The molecule has 218 valence electrons. The number of para-hydroxylation sites is 1. The molecule has 4 aromatic carbocycles. The lowest BCUT2D eigenvalue weighted by molar-refractivity contribution is -0.136. The molecular weight excluding hydrogens is 576 g/mol. The number of anilines is 2. The van der Waals surface area contributed by atoms with Crippen molar-refractivity contribution in [2.24, 2.45) is 5.10 Å². The molecule has 3 N–H and O–H groups in total. The number of amides is 3. The predicted molar refractivity (Wildman–Crippen MR) is 161 cm³/mol. The van der Waals surface area contributed by atoms with Gasteiger partial charge in [-0.15, -0.1) is 0 Å². The van der Waals surface area contributed by atoms with Crippen LogP contribution in [0, 0.1) is 0 Å². The lowest BCUT2D eigenvalue weighted by atomic mass is 10.1. The van der Waals surface area contributed by atoms with E-state index in [9.17, 15) is 19.2 Å². The number of methoxy groups -OCH3 is 2. The monoisotopic (exact) mass is 600 g/mol. The van der Waals surface area contributed by atoms with Crippen molar-refractivity contribution in [1.29, 1.82) is 0 Å². The minimum Gasteiger partial charge on any atom is -0.497 e. The number of hydrogen-bond acceptors (Lipinski definition) is 8. The Morgan fingerprint density at radius 3 is 2.19 bits per heavy atom. The van der Waals surface area contributed by atoms with E-state index in [1.807, 2.05) is 0 Å². The molecule has 4 aromatic rings. The summed E-state index contributed by atoms with van der Waals surface area (Å²) in [5.74, 6) is -2.19. The largest absolute Gasteiger partial charge is 0.497 e. The second-order valence-corrected chi connectivity index (χ2v) is 9.12. The first-order valence-electron chi connectivity index (χ1n) is 12.6. The highest BCUT2D eigenvalue weighted by molar-refractivity contribution is 6.40. The molecule has 0 saturated heterocycles. The Bertz CT molecular complexity index is 1670. The number of carbonyl (C=O) groups is 4. The Morgan fingerprint density at radius 1 is 0.767 bits per heavy atom. The van der Waals surface area contributed by atoms with Crippen molar-refractivity contribution in [3.8, 4) is 17.2 Å². The third-order valence-electron chi connectivity index (χ3n) is 5.82. The molecule has 0 aromatic heterocycles. The minimum atomic E-state index is -1.07. The Morgan fingerprint density at radius 2 is 1.49 bits per heavy atom. The number of hydrazone groups is 1. The van der Waals surface area contributed by atoms with Crippen LogP contribution in [0.4, 0.5) is 11.4 Å². The van der Waals surface area contributed by atoms with E-state index in [0.29, 0.717) is 27.6 Å². The maximum atomic E-state index is 12.8. The van der Waals surface area contributed by atoms with E-state index in [-0.39, 0.29) is 22.7 Å². The average Bonchev–Trinajstić information content (AvgIpc) is 3.02. The van der Waals surface area contributed by atoms with Crippen LogP contribution in [0.1, 0.15) is 26.3 Å². The van der Waals surface area contributed by atoms with Gasteiger partial charge in [0.05, 0.1) is 37.2 Å². The van der Waals surface area contributed by atoms with Crippen molar-refractivity contribution >= 4 is 52.9 Å². The molecule has 0 heterocycles. The summed E-state index contributed by atoms with van der Waals surface area (Å²) in [5.41, 5.74) is 3.70. The van der Waals surface area contributed by atoms with Gasteiger partial charge < -0.3 is 24.8 Å². The van der Waals surface area contributed by atoms with E-state index < -0.39 is 23.7 Å². The molecule has 0 unspecified atom stereocenters. The summed E-state index contributed by atoms with van der Waals surface area (Å²) in [4.78, 5) is 50.2. The third-order valence-corrected chi connectivity index (χ3v) is 6.08. The lowest BCUT2D eigenvalue weighted by Gasteiger charge is -2.11. The number of benzene rings is 4. The van der Waals surface area contributed by atoms with Gasteiger partial charge in [-0.05, 0) is 84.4 Å². The molecule has 0 aliphatic rings. The van der Waals surface area contributed by atoms with Crippen molar-refractivity contribution in [2.45, 2.75) is 0 Å². The van der Waals surface area contributed by atoms with Gasteiger partial charge in [0, 0.05) is 10.7 Å². The normalized spacial score (nSPS) is 10.5. The summed E-state index contributed by atoms with van der Waals surface area (Å²) in [6.07, 6.45) is 1.27. The molecule has 11 nitrogen and oxygen atoms in total. The zero-order valence-electron chi connectivity index (χ0n) is 22.9. The number of nitrogens with zero attached hydrogens (tertiary/aromatic N) is 1. The number of ether oxygens (including phenoxy) is 3. The van der Waals surface area contributed by atoms with Crippen molar-refractivity contribution in [3.05, 3.63) is 113 Å². The number of rotatable bonds is 9. The van der Waals surface area contributed by atoms with Crippen molar-refractivity contribution in [2.75, 3.05) is 24.9 Å². The molecule has 0 saturated carbocycles. The van der Waals surface area contributed by atoms with Crippen LogP contribution in [-0.4, -0.2) is 44.1 Å². The van der Waals surface area contributed by atoms with Gasteiger partial charge in [-0.3, -0.25) is 14.4 Å². The Kier molecular flexibility index (Phi) is 10.1. The van der Waals surface area contributed by atoms with E-state index >= 15 is 0 Å². The molecule has 3 amide bonds. The van der Waals surface area contributed by atoms with Crippen molar-refractivity contribution < 1.29 is 33.4 Å². The highest BCUT2D eigenvalue weighted by Gasteiger charge is 2.18. The van der Waals surface area contributed by atoms with Crippen LogP contribution < -0.4 is 30.3 Å². The van der Waals surface area contributed by atoms with Crippen molar-refractivity contribution in [3.63, 3.8) is 0 Å². The first-order valence-corrected chi connectivity index (χ1v) is 13.0. The van der Waals surface area contributed by atoms with Crippen LogP contribution in [0.25, 0.3) is 0 Å². The molecule has 0 aliphatic heterocycles. The van der Waals surface area contributed by atoms with E-state index in [1.165, 1.54) is 44.7 Å². The zero-order chi connectivity index (χ0) is 30.8. The Labute approximate surface area is 251 Å². The van der Waals surface area contributed by atoms with Crippen LogP contribution in [-0.2, 0) is 9.59 Å². The van der Waals surface area contributed by atoms with Gasteiger partial charge in [-0.1, -0.05) is 23.7 Å². The number of nitrogens with one attached hydrogen (secondary N) is 3. The lowest BCUT2D eigenvalue weighted by Crippen LogP contribution is -2.33.